The zero-order valence-corrected chi connectivity index (χ0v) is 14.0. The Morgan fingerprint density at radius 1 is 1.00 bits per heavy atom. The number of carbonyl (C=O) groups excluding carboxylic acids is 1. The SMILES string of the molecule is CCCCCCCC(=O)NC[C@H](CO)OCCCCCC. The van der Waals surface area contributed by atoms with Crippen molar-refractivity contribution in [3.63, 3.8) is 0 Å². The van der Waals surface area contributed by atoms with Crippen molar-refractivity contribution in [2.75, 3.05) is 19.8 Å². The van der Waals surface area contributed by atoms with Crippen molar-refractivity contribution in [3.05, 3.63) is 0 Å². The zero-order valence-electron chi connectivity index (χ0n) is 14.0. The third-order valence-corrected chi connectivity index (χ3v) is 3.59. The van der Waals surface area contributed by atoms with Gasteiger partial charge in [0, 0.05) is 19.6 Å². The van der Waals surface area contributed by atoms with Crippen molar-refractivity contribution >= 4 is 5.91 Å². The van der Waals surface area contributed by atoms with Crippen LogP contribution in [0.25, 0.3) is 0 Å². The van der Waals surface area contributed by atoms with Gasteiger partial charge in [-0.2, -0.15) is 0 Å². The van der Waals surface area contributed by atoms with Gasteiger partial charge in [0.1, 0.15) is 0 Å². The molecule has 21 heavy (non-hydrogen) atoms. The van der Waals surface area contributed by atoms with Gasteiger partial charge in [0.15, 0.2) is 0 Å². The molecule has 0 saturated carbocycles. The molecule has 0 fully saturated rings. The lowest BCUT2D eigenvalue weighted by Gasteiger charge is -2.16. The second-order valence-corrected chi connectivity index (χ2v) is 5.70. The second-order valence-electron chi connectivity index (χ2n) is 5.70. The van der Waals surface area contributed by atoms with E-state index in [1.54, 1.807) is 0 Å². The minimum Gasteiger partial charge on any atom is -0.394 e. The van der Waals surface area contributed by atoms with Crippen LogP contribution in [-0.4, -0.2) is 36.9 Å². The predicted octanol–water partition coefficient (Wildman–Crippen LogP) is 3.42. The molecule has 0 saturated heterocycles. The molecule has 0 bridgehead atoms. The van der Waals surface area contributed by atoms with Gasteiger partial charge in [0.05, 0.1) is 12.7 Å². The molecule has 1 amide bonds. The van der Waals surface area contributed by atoms with Crippen LogP contribution in [0.5, 0.6) is 0 Å². The average Bonchev–Trinajstić information content (AvgIpc) is 2.50. The molecule has 0 aromatic rings. The Morgan fingerprint density at radius 2 is 1.62 bits per heavy atom. The molecule has 0 aromatic carbocycles. The Labute approximate surface area is 130 Å². The maximum Gasteiger partial charge on any atom is 0.220 e. The molecule has 126 valence electrons. The Morgan fingerprint density at radius 3 is 2.24 bits per heavy atom. The van der Waals surface area contributed by atoms with Gasteiger partial charge in [-0.1, -0.05) is 58.8 Å². The number of nitrogens with one attached hydrogen (secondary N) is 1. The molecule has 0 aliphatic rings. The summed E-state index contributed by atoms with van der Waals surface area (Å²) < 4.78 is 5.58. The van der Waals surface area contributed by atoms with Gasteiger partial charge in [-0.15, -0.1) is 0 Å². The number of aliphatic hydroxyl groups is 1. The standard InChI is InChI=1S/C17H35NO3/c1-3-5-7-9-10-12-17(20)18-14-16(15-19)21-13-11-8-6-4-2/h16,19H,3-15H2,1-2H3,(H,18,20)/t16-/m1/s1. The Balaban J connectivity index is 3.53. The summed E-state index contributed by atoms with van der Waals surface area (Å²) in [4.78, 5) is 11.7. The number of carbonyl (C=O) groups is 1. The number of ether oxygens (including phenoxy) is 1. The number of hydrogen-bond donors (Lipinski definition) is 2. The van der Waals surface area contributed by atoms with E-state index >= 15 is 0 Å². The van der Waals surface area contributed by atoms with E-state index in [9.17, 15) is 9.90 Å². The van der Waals surface area contributed by atoms with Gasteiger partial charge in [-0.05, 0) is 12.8 Å². The lowest BCUT2D eigenvalue weighted by Crippen LogP contribution is -2.35. The van der Waals surface area contributed by atoms with E-state index in [0.717, 1.165) is 19.3 Å². The Hall–Kier alpha value is -0.610. The molecule has 0 heterocycles. The number of hydrogen-bond acceptors (Lipinski definition) is 3. The molecular weight excluding hydrogens is 266 g/mol. The predicted molar refractivity (Wildman–Crippen MR) is 87.4 cm³/mol. The smallest absolute Gasteiger partial charge is 0.220 e. The Bertz CT molecular complexity index is 234. The molecule has 1 atom stereocenters. The molecule has 2 N–H and O–H groups in total. The van der Waals surface area contributed by atoms with Crippen molar-refractivity contribution in [1.29, 1.82) is 0 Å². The highest BCUT2D eigenvalue weighted by molar-refractivity contribution is 5.75. The first-order valence-corrected chi connectivity index (χ1v) is 8.73. The van der Waals surface area contributed by atoms with Crippen molar-refractivity contribution in [3.8, 4) is 0 Å². The zero-order chi connectivity index (χ0) is 15.8. The molecule has 0 aromatic heterocycles. The second kappa shape index (κ2) is 15.8. The van der Waals surface area contributed by atoms with Crippen molar-refractivity contribution in [1.82, 2.24) is 5.32 Å². The first-order chi connectivity index (χ1) is 10.2. The molecule has 0 aliphatic carbocycles. The fourth-order valence-corrected chi connectivity index (χ4v) is 2.16. The monoisotopic (exact) mass is 301 g/mol. The van der Waals surface area contributed by atoms with Crippen LogP contribution in [0.1, 0.15) is 78.1 Å². The van der Waals surface area contributed by atoms with E-state index in [1.807, 2.05) is 0 Å². The summed E-state index contributed by atoms with van der Waals surface area (Å²) in [6, 6.07) is 0. The molecule has 0 spiro atoms. The van der Waals surface area contributed by atoms with E-state index < -0.39 is 0 Å². The molecule has 0 aliphatic heterocycles. The van der Waals surface area contributed by atoms with E-state index in [2.05, 4.69) is 19.2 Å². The molecule has 0 unspecified atom stereocenters. The van der Waals surface area contributed by atoms with Crippen LogP contribution in [0.4, 0.5) is 0 Å². The number of rotatable bonds is 15. The Kier molecular flexibility index (Phi) is 15.3. The maximum atomic E-state index is 11.7. The summed E-state index contributed by atoms with van der Waals surface area (Å²) in [7, 11) is 0. The van der Waals surface area contributed by atoms with Gasteiger partial charge in [-0.25, -0.2) is 0 Å². The van der Waals surface area contributed by atoms with Crippen molar-refractivity contribution < 1.29 is 14.6 Å². The van der Waals surface area contributed by atoms with Crippen LogP contribution in [-0.2, 0) is 9.53 Å². The van der Waals surface area contributed by atoms with E-state index in [-0.39, 0.29) is 18.6 Å². The quantitative estimate of drug-likeness (QED) is 0.456. The summed E-state index contributed by atoms with van der Waals surface area (Å²) in [5.41, 5.74) is 0. The van der Waals surface area contributed by atoms with E-state index in [4.69, 9.17) is 4.74 Å². The van der Waals surface area contributed by atoms with Crippen LogP contribution in [0.3, 0.4) is 0 Å². The largest absolute Gasteiger partial charge is 0.394 e. The lowest BCUT2D eigenvalue weighted by atomic mass is 10.1. The van der Waals surface area contributed by atoms with E-state index in [1.165, 1.54) is 38.5 Å². The van der Waals surface area contributed by atoms with Crippen LogP contribution in [0.2, 0.25) is 0 Å². The van der Waals surface area contributed by atoms with Gasteiger partial charge < -0.3 is 15.2 Å². The maximum absolute atomic E-state index is 11.7. The minimum absolute atomic E-state index is 0.0371. The topological polar surface area (TPSA) is 58.6 Å². The summed E-state index contributed by atoms with van der Waals surface area (Å²) in [5, 5.41) is 12.1. The summed E-state index contributed by atoms with van der Waals surface area (Å²) >= 11 is 0. The molecule has 0 rings (SSSR count). The summed E-state index contributed by atoms with van der Waals surface area (Å²) in [6.45, 7) is 5.40. The van der Waals surface area contributed by atoms with Crippen LogP contribution < -0.4 is 5.32 Å². The fourth-order valence-electron chi connectivity index (χ4n) is 2.16. The highest BCUT2D eigenvalue weighted by Gasteiger charge is 2.09. The number of amides is 1. The third kappa shape index (κ3) is 14.1. The normalized spacial score (nSPS) is 12.3. The van der Waals surface area contributed by atoms with Crippen LogP contribution in [0.15, 0.2) is 0 Å². The fraction of sp³-hybridized carbons (Fsp3) is 0.941. The number of aliphatic hydroxyl groups excluding tert-OH is 1. The highest BCUT2D eigenvalue weighted by Crippen LogP contribution is 2.05. The molecular formula is C17H35NO3. The van der Waals surface area contributed by atoms with Gasteiger partial charge in [0.25, 0.3) is 0 Å². The minimum atomic E-state index is -0.268. The highest BCUT2D eigenvalue weighted by atomic mass is 16.5. The van der Waals surface area contributed by atoms with E-state index in [0.29, 0.717) is 19.6 Å². The van der Waals surface area contributed by atoms with Crippen LogP contribution >= 0.6 is 0 Å². The van der Waals surface area contributed by atoms with Crippen molar-refractivity contribution in [2.24, 2.45) is 0 Å². The molecule has 4 heteroatoms. The first-order valence-electron chi connectivity index (χ1n) is 8.73. The van der Waals surface area contributed by atoms with Crippen molar-refractivity contribution in [2.45, 2.75) is 84.2 Å². The average molecular weight is 301 g/mol. The van der Waals surface area contributed by atoms with Gasteiger partial charge in [0.2, 0.25) is 5.91 Å². The number of unbranched alkanes of at least 4 members (excludes halogenated alkanes) is 7. The molecule has 0 radical (unpaired) electrons. The lowest BCUT2D eigenvalue weighted by molar-refractivity contribution is -0.122. The van der Waals surface area contributed by atoms with Gasteiger partial charge >= 0.3 is 0 Å². The van der Waals surface area contributed by atoms with Crippen LogP contribution in [0, 0.1) is 0 Å². The van der Waals surface area contributed by atoms with Gasteiger partial charge in [-0.3, -0.25) is 4.79 Å². The third-order valence-electron chi connectivity index (χ3n) is 3.59. The summed E-state index contributed by atoms with van der Waals surface area (Å²) in [5.74, 6) is 0.0690. The molecule has 4 nitrogen and oxygen atoms in total. The summed E-state index contributed by atoms with van der Waals surface area (Å²) in [6.07, 6.45) is 10.7. The first kappa shape index (κ1) is 20.4.